The van der Waals surface area contributed by atoms with Gasteiger partial charge in [0.1, 0.15) is 0 Å². The number of hydrogen-bond acceptors (Lipinski definition) is 0. The Hall–Kier alpha value is -1.04. The van der Waals surface area contributed by atoms with E-state index in [1.54, 1.807) is 6.08 Å². The van der Waals surface area contributed by atoms with Crippen LogP contribution >= 0.6 is 0 Å². The largest absolute Gasteiger partial charge is 0.103 e. The lowest BCUT2D eigenvalue weighted by Gasteiger charge is -1.76. The second-order valence-corrected chi connectivity index (χ2v) is 2.23. The third kappa shape index (κ3) is 23.1. The van der Waals surface area contributed by atoms with Crippen LogP contribution in [0, 0.1) is 0 Å². The first-order valence-corrected chi connectivity index (χ1v) is 4.32. The maximum atomic E-state index is 3.55. The molecular formula is C12H20. The van der Waals surface area contributed by atoms with E-state index in [1.165, 1.54) is 0 Å². The fourth-order valence-corrected chi connectivity index (χ4v) is 0.468. The van der Waals surface area contributed by atoms with E-state index in [0.717, 1.165) is 19.3 Å². The molecule has 0 nitrogen and oxygen atoms in total. The second kappa shape index (κ2) is 16.5. The van der Waals surface area contributed by atoms with Crippen molar-refractivity contribution >= 4 is 0 Å². The summed E-state index contributed by atoms with van der Waals surface area (Å²) in [7, 11) is 0. The van der Waals surface area contributed by atoms with Crippen LogP contribution < -0.4 is 0 Å². The lowest BCUT2D eigenvalue weighted by molar-refractivity contribution is 1.06. The molecule has 0 aromatic carbocycles. The smallest absolute Gasteiger partial charge is 0.0319 e. The molecule has 0 aliphatic rings. The molecule has 0 heteroatoms. The summed E-state index contributed by atoms with van der Waals surface area (Å²) in [5, 5.41) is 0. The molecule has 0 aromatic rings. The average Bonchev–Trinajstić information content (AvgIpc) is 2.12. The summed E-state index contributed by atoms with van der Waals surface area (Å²) in [6.07, 6.45) is 12.8. The van der Waals surface area contributed by atoms with Gasteiger partial charge in [0.05, 0.1) is 0 Å². The van der Waals surface area contributed by atoms with Crippen LogP contribution in [0.25, 0.3) is 0 Å². The number of rotatable bonds is 5. The van der Waals surface area contributed by atoms with Gasteiger partial charge < -0.3 is 0 Å². The predicted octanol–water partition coefficient (Wildman–Crippen LogP) is 4.28. The Morgan fingerprint density at radius 1 is 1.00 bits per heavy atom. The van der Waals surface area contributed by atoms with Gasteiger partial charge in [-0.3, -0.25) is 0 Å². The zero-order chi connectivity index (χ0) is 9.66. The van der Waals surface area contributed by atoms with E-state index in [0.29, 0.717) is 0 Å². The van der Waals surface area contributed by atoms with Gasteiger partial charge in [0.25, 0.3) is 0 Å². The second-order valence-electron chi connectivity index (χ2n) is 2.23. The summed E-state index contributed by atoms with van der Waals surface area (Å²) in [6.45, 7) is 12.7. The summed E-state index contributed by atoms with van der Waals surface area (Å²) in [5.74, 6) is 0. The first-order chi connectivity index (χ1) is 5.83. The highest BCUT2D eigenvalue weighted by atomic mass is 13.7. The Kier molecular flexibility index (Phi) is 18.6. The number of allylic oxidation sites excluding steroid dienone is 5. The molecule has 0 atom stereocenters. The lowest BCUT2D eigenvalue weighted by Crippen LogP contribution is -1.56. The van der Waals surface area contributed by atoms with Crippen LogP contribution in [0.4, 0.5) is 0 Å². The predicted molar refractivity (Wildman–Crippen MR) is 59.3 cm³/mol. The summed E-state index contributed by atoms with van der Waals surface area (Å²) in [6, 6.07) is 0. The summed E-state index contributed by atoms with van der Waals surface area (Å²) in [4.78, 5) is 0. The van der Waals surface area contributed by atoms with Crippen LogP contribution in [-0.2, 0) is 0 Å². The molecule has 0 radical (unpaired) electrons. The molecule has 0 rings (SSSR count). The fraction of sp³-hybridized carbons (Fsp3) is 0.333. The van der Waals surface area contributed by atoms with Gasteiger partial charge in [0.2, 0.25) is 0 Å². The molecule has 0 saturated carbocycles. The van der Waals surface area contributed by atoms with Crippen molar-refractivity contribution in [1.82, 2.24) is 0 Å². The molecule has 68 valence electrons. The topological polar surface area (TPSA) is 0 Å². The van der Waals surface area contributed by atoms with E-state index in [4.69, 9.17) is 0 Å². The summed E-state index contributed by atoms with van der Waals surface area (Å²) in [5.41, 5.74) is 0. The molecule has 0 aromatic heterocycles. The van der Waals surface area contributed by atoms with Gasteiger partial charge >= 0.3 is 0 Å². The van der Waals surface area contributed by atoms with E-state index >= 15 is 0 Å². The third-order valence-electron chi connectivity index (χ3n) is 1.08. The van der Waals surface area contributed by atoms with Crippen molar-refractivity contribution in [2.45, 2.75) is 26.2 Å². The van der Waals surface area contributed by atoms with Crippen molar-refractivity contribution in [1.29, 1.82) is 0 Å². The Labute approximate surface area is 77.0 Å². The van der Waals surface area contributed by atoms with Crippen LogP contribution in [0.15, 0.2) is 50.1 Å². The van der Waals surface area contributed by atoms with Crippen molar-refractivity contribution in [3.8, 4) is 0 Å². The van der Waals surface area contributed by atoms with Gasteiger partial charge in [-0.2, -0.15) is 0 Å². The quantitative estimate of drug-likeness (QED) is 0.323. The molecule has 0 heterocycles. The summed E-state index contributed by atoms with van der Waals surface area (Å²) >= 11 is 0. The molecule has 0 aliphatic carbocycles. The highest BCUT2D eigenvalue weighted by molar-refractivity contribution is 4.96. The maximum Gasteiger partial charge on any atom is -0.0319 e. The van der Waals surface area contributed by atoms with Gasteiger partial charge in [-0.05, 0) is 19.3 Å². The van der Waals surface area contributed by atoms with Crippen molar-refractivity contribution < 1.29 is 0 Å². The van der Waals surface area contributed by atoms with Crippen molar-refractivity contribution in [2.75, 3.05) is 0 Å². The molecule has 0 unspecified atom stereocenters. The first kappa shape index (κ1) is 13.5. The van der Waals surface area contributed by atoms with E-state index in [2.05, 4.69) is 32.7 Å². The fourth-order valence-electron chi connectivity index (χ4n) is 0.468. The molecule has 12 heavy (non-hydrogen) atoms. The SMILES string of the molecule is C=CC=CCC.C=CCCC=C. The van der Waals surface area contributed by atoms with Crippen LogP contribution in [0.3, 0.4) is 0 Å². The standard InChI is InChI=1S/2C6H10/c2*1-3-5-6-4-2/h3,5-6H,1,4H2,2H3;3-4H,1-2,5-6H2. The van der Waals surface area contributed by atoms with Crippen molar-refractivity contribution in [3.05, 3.63) is 50.1 Å². The van der Waals surface area contributed by atoms with Gasteiger partial charge in [0.15, 0.2) is 0 Å². The minimum absolute atomic E-state index is 1.06. The van der Waals surface area contributed by atoms with Gasteiger partial charge in [-0.1, -0.05) is 43.9 Å². The van der Waals surface area contributed by atoms with Crippen LogP contribution in [0.5, 0.6) is 0 Å². The van der Waals surface area contributed by atoms with Crippen molar-refractivity contribution in [3.63, 3.8) is 0 Å². The molecule has 0 amide bonds. The molecular weight excluding hydrogens is 144 g/mol. The molecule has 0 saturated heterocycles. The highest BCUT2D eigenvalue weighted by Crippen LogP contribution is 1.86. The van der Waals surface area contributed by atoms with Crippen LogP contribution in [0.1, 0.15) is 26.2 Å². The minimum atomic E-state index is 1.06. The molecule has 0 spiro atoms. The molecule has 0 N–H and O–H groups in total. The van der Waals surface area contributed by atoms with E-state index in [9.17, 15) is 0 Å². The van der Waals surface area contributed by atoms with Crippen LogP contribution in [-0.4, -0.2) is 0 Å². The number of unbranched alkanes of at least 4 members (excludes halogenated alkanes) is 1. The van der Waals surface area contributed by atoms with Crippen molar-refractivity contribution in [2.24, 2.45) is 0 Å². The monoisotopic (exact) mass is 164 g/mol. The minimum Gasteiger partial charge on any atom is -0.103 e. The third-order valence-corrected chi connectivity index (χ3v) is 1.08. The average molecular weight is 164 g/mol. The molecule has 0 aliphatic heterocycles. The maximum absolute atomic E-state index is 3.55. The Balaban J connectivity index is 0. The highest BCUT2D eigenvalue weighted by Gasteiger charge is 1.66. The lowest BCUT2D eigenvalue weighted by atomic mass is 10.3. The normalized spacial score (nSPS) is 8.42. The van der Waals surface area contributed by atoms with E-state index in [-0.39, 0.29) is 0 Å². The number of hydrogen-bond donors (Lipinski definition) is 0. The van der Waals surface area contributed by atoms with Gasteiger partial charge in [-0.25, -0.2) is 0 Å². The first-order valence-electron chi connectivity index (χ1n) is 4.32. The molecule has 0 fully saturated rings. The zero-order valence-corrected chi connectivity index (χ0v) is 8.13. The van der Waals surface area contributed by atoms with Gasteiger partial charge in [0, 0.05) is 0 Å². The summed E-state index contributed by atoms with van der Waals surface area (Å²) < 4.78 is 0. The Morgan fingerprint density at radius 2 is 1.50 bits per heavy atom. The Morgan fingerprint density at radius 3 is 1.67 bits per heavy atom. The van der Waals surface area contributed by atoms with E-state index in [1.807, 2.05) is 18.2 Å². The zero-order valence-electron chi connectivity index (χ0n) is 8.13. The Bertz CT molecular complexity index is 121. The van der Waals surface area contributed by atoms with Crippen LogP contribution in [0.2, 0.25) is 0 Å². The van der Waals surface area contributed by atoms with E-state index < -0.39 is 0 Å². The molecule has 0 bridgehead atoms. The van der Waals surface area contributed by atoms with Gasteiger partial charge in [-0.15, -0.1) is 13.2 Å².